The fourth-order valence-corrected chi connectivity index (χ4v) is 2.69. The molecule has 0 unspecified atom stereocenters. The highest BCUT2D eigenvalue weighted by atomic mass is 28.3. The molecule has 154 valence electrons. The summed E-state index contributed by atoms with van der Waals surface area (Å²) in [5, 5.41) is 11.1. The quantitative estimate of drug-likeness (QED) is 0.287. The summed E-state index contributed by atoms with van der Waals surface area (Å²) in [7, 11) is -1.64. The van der Waals surface area contributed by atoms with Gasteiger partial charge in [0.05, 0.1) is 30.2 Å². The van der Waals surface area contributed by atoms with Crippen molar-refractivity contribution in [2.45, 2.75) is 19.6 Å². The standard InChI is InChI=1S/C20H21F3N2O3Si/c1-29(2,3)11-8-13-4-7-17(16(22)12-13)24-19-14(5-6-15(21)18(19)23)20(27)25-28-10-9-26/h4-7,12,24,26H,9-10H2,1-3H3,(H,25,27). The number of carbonyl (C=O) groups excluding carboxylic acids is 1. The van der Waals surface area contributed by atoms with Gasteiger partial charge in [-0.1, -0.05) is 25.6 Å². The van der Waals surface area contributed by atoms with Gasteiger partial charge in [-0.05, 0) is 30.3 Å². The van der Waals surface area contributed by atoms with Crippen LogP contribution in [-0.2, 0) is 4.84 Å². The summed E-state index contributed by atoms with van der Waals surface area (Å²) in [5.74, 6) is -1.28. The number of rotatable bonds is 6. The summed E-state index contributed by atoms with van der Waals surface area (Å²) >= 11 is 0. The average Bonchev–Trinajstić information content (AvgIpc) is 2.65. The van der Waals surface area contributed by atoms with Gasteiger partial charge in [-0.25, -0.2) is 18.7 Å². The fraction of sp³-hybridized carbons (Fsp3) is 0.250. The number of hydrogen-bond donors (Lipinski definition) is 3. The molecule has 0 atom stereocenters. The van der Waals surface area contributed by atoms with Crippen LogP contribution < -0.4 is 10.8 Å². The first-order valence-corrected chi connectivity index (χ1v) is 12.2. The number of aliphatic hydroxyl groups is 1. The van der Waals surface area contributed by atoms with Crippen molar-refractivity contribution in [1.29, 1.82) is 0 Å². The third kappa shape index (κ3) is 6.35. The zero-order chi connectivity index (χ0) is 21.6. The van der Waals surface area contributed by atoms with Gasteiger partial charge in [-0.3, -0.25) is 9.63 Å². The number of anilines is 2. The van der Waals surface area contributed by atoms with Gasteiger partial charge in [-0.2, -0.15) is 0 Å². The van der Waals surface area contributed by atoms with Crippen LogP contribution in [-0.4, -0.2) is 32.3 Å². The van der Waals surface area contributed by atoms with Crippen LogP contribution >= 0.6 is 0 Å². The number of halogens is 3. The Kier molecular flexibility index (Phi) is 7.45. The van der Waals surface area contributed by atoms with Crippen LogP contribution in [0.1, 0.15) is 15.9 Å². The highest BCUT2D eigenvalue weighted by Gasteiger charge is 2.20. The summed E-state index contributed by atoms with van der Waals surface area (Å²) in [6.07, 6.45) is 0. The van der Waals surface area contributed by atoms with Crippen LogP contribution in [0.3, 0.4) is 0 Å². The molecule has 2 aromatic rings. The lowest BCUT2D eigenvalue weighted by Crippen LogP contribution is -2.26. The molecule has 5 nitrogen and oxygen atoms in total. The summed E-state index contributed by atoms with van der Waals surface area (Å²) in [6, 6.07) is 5.85. The zero-order valence-electron chi connectivity index (χ0n) is 16.2. The minimum atomic E-state index is -1.64. The molecule has 0 aliphatic heterocycles. The van der Waals surface area contributed by atoms with E-state index in [1.54, 1.807) is 6.07 Å². The predicted octanol–water partition coefficient (Wildman–Crippen LogP) is 3.73. The predicted molar refractivity (Wildman–Crippen MR) is 107 cm³/mol. The smallest absolute Gasteiger partial charge is 0.277 e. The van der Waals surface area contributed by atoms with E-state index in [0.29, 0.717) is 5.56 Å². The third-order valence-corrected chi connectivity index (χ3v) is 4.38. The van der Waals surface area contributed by atoms with Crippen molar-refractivity contribution in [1.82, 2.24) is 5.48 Å². The molecule has 0 aliphatic rings. The Labute approximate surface area is 167 Å². The van der Waals surface area contributed by atoms with Crippen molar-refractivity contribution in [3.63, 3.8) is 0 Å². The molecule has 0 aliphatic carbocycles. The SMILES string of the molecule is C[Si](C)(C)C#Cc1ccc(Nc2c(C(=O)NOCCO)ccc(F)c2F)c(F)c1. The lowest BCUT2D eigenvalue weighted by atomic mass is 10.1. The Morgan fingerprint density at radius 2 is 1.86 bits per heavy atom. The Bertz CT molecular complexity index is 966. The van der Waals surface area contributed by atoms with Crippen LogP contribution in [0.25, 0.3) is 0 Å². The third-order valence-electron chi connectivity index (χ3n) is 3.51. The van der Waals surface area contributed by atoms with Gasteiger partial charge in [0.2, 0.25) is 0 Å². The lowest BCUT2D eigenvalue weighted by Gasteiger charge is -2.14. The van der Waals surface area contributed by atoms with E-state index in [9.17, 15) is 18.0 Å². The summed E-state index contributed by atoms with van der Waals surface area (Å²) in [6.45, 7) is 5.62. The van der Waals surface area contributed by atoms with Crippen molar-refractivity contribution in [2.75, 3.05) is 18.5 Å². The van der Waals surface area contributed by atoms with E-state index in [-0.39, 0.29) is 24.5 Å². The Morgan fingerprint density at radius 1 is 1.14 bits per heavy atom. The first-order chi connectivity index (χ1) is 13.6. The molecule has 0 radical (unpaired) electrons. The minimum Gasteiger partial charge on any atom is -0.394 e. The second kappa shape index (κ2) is 9.60. The molecule has 3 N–H and O–H groups in total. The molecule has 0 aromatic heterocycles. The van der Waals surface area contributed by atoms with Gasteiger partial charge in [0.1, 0.15) is 13.9 Å². The van der Waals surface area contributed by atoms with Crippen molar-refractivity contribution >= 4 is 25.4 Å². The minimum absolute atomic E-state index is 0.154. The van der Waals surface area contributed by atoms with E-state index in [2.05, 4.69) is 41.3 Å². The Balaban J connectivity index is 2.34. The fourth-order valence-electron chi connectivity index (χ4n) is 2.17. The largest absolute Gasteiger partial charge is 0.394 e. The summed E-state index contributed by atoms with van der Waals surface area (Å²) in [5.41, 5.74) is 4.55. The van der Waals surface area contributed by atoms with E-state index in [1.807, 2.05) is 5.48 Å². The number of nitrogens with one attached hydrogen (secondary N) is 2. The van der Waals surface area contributed by atoms with Gasteiger partial charge >= 0.3 is 0 Å². The van der Waals surface area contributed by atoms with E-state index in [0.717, 1.165) is 12.1 Å². The van der Waals surface area contributed by atoms with Crippen LogP contribution in [0.2, 0.25) is 19.6 Å². The van der Waals surface area contributed by atoms with Gasteiger partial charge in [0.15, 0.2) is 11.6 Å². The van der Waals surface area contributed by atoms with Gasteiger partial charge in [-0.15, -0.1) is 5.54 Å². The molecule has 0 bridgehead atoms. The van der Waals surface area contributed by atoms with Crippen molar-refractivity contribution in [2.24, 2.45) is 0 Å². The monoisotopic (exact) mass is 422 g/mol. The topological polar surface area (TPSA) is 70.6 Å². The van der Waals surface area contributed by atoms with Crippen molar-refractivity contribution in [3.05, 3.63) is 58.9 Å². The number of aliphatic hydroxyl groups excluding tert-OH is 1. The first-order valence-electron chi connectivity index (χ1n) is 8.73. The highest BCUT2D eigenvalue weighted by Crippen LogP contribution is 2.28. The summed E-state index contributed by atoms with van der Waals surface area (Å²) < 4.78 is 42.5. The highest BCUT2D eigenvalue weighted by molar-refractivity contribution is 6.83. The number of benzene rings is 2. The van der Waals surface area contributed by atoms with E-state index in [1.165, 1.54) is 12.1 Å². The van der Waals surface area contributed by atoms with E-state index < -0.39 is 37.1 Å². The molecular formula is C20H21F3N2O3Si. The maximum atomic E-state index is 14.5. The number of carbonyl (C=O) groups is 1. The van der Waals surface area contributed by atoms with E-state index in [4.69, 9.17) is 5.11 Å². The van der Waals surface area contributed by atoms with E-state index >= 15 is 0 Å². The van der Waals surface area contributed by atoms with Gasteiger partial charge in [0, 0.05) is 5.56 Å². The van der Waals surface area contributed by atoms with Crippen molar-refractivity contribution < 1.29 is 27.9 Å². The molecule has 2 aromatic carbocycles. The molecule has 2 rings (SSSR count). The summed E-state index contributed by atoms with van der Waals surface area (Å²) in [4.78, 5) is 16.8. The zero-order valence-corrected chi connectivity index (χ0v) is 17.2. The molecule has 0 fully saturated rings. The van der Waals surface area contributed by atoms with Gasteiger partial charge in [0.25, 0.3) is 5.91 Å². The van der Waals surface area contributed by atoms with Crippen LogP contribution in [0.5, 0.6) is 0 Å². The average molecular weight is 422 g/mol. The maximum absolute atomic E-state index is 14.5. The molecule has 0 spiro atoms. The number of hydroxylamine groups is 1. The molecular weight excluding hydrogens is 401 g/mol. The Hall–Kier alpha value is -2.80. The lowest BCUT2D eigenvalue weighted by molar-refractivity contribution is 0.0168. The van der Waals surface area contributed by atoms with Crippen LogP contribution in [0, 0.1) is 28.9 Å². The second-order valence-corrected chi connectivity index (χ2v) is 11.9. The normalized spacial score (nSPS) is 10.9. The number of amides is 1. The van der Waals surface area contributed by atoms with Gasteiger partial charge < -0.3 is 10.4 Å². The Morgan fingerprint density at radius 3 is 2.48 bits per heavy atom. The molecule has 0 heterocycles. The van der Waals surface area contributed by atoms with Crippen LogP contribution in [0.4, 0.5) is 24.5 Å². The maximum Gasteiger partial charge on any atom is 0.277 e. The van der Waals surface area contributed by atoms with Crippen molar-refractivity contribution in [3.8, 4) is 11.5 Å². The number of hydrogen-bond acceptors (Lipinski definition) is 4. The first kappa shape index (κ1) is 22.5. The molecule has 0 saturated heterocycles. The molecule has 9 heteroatoms. The van der Waals surface area contributed by atoms with Crippen LogP contribution in [0.15, 0.2) is 30.3 Å². The molecule has 29 heavy (non-hydrogen) atoms. The second-order valence-electron chi connectivity index (χ2n) is 7.11. The molecule has 0 saturated carbocycles. The molecule has 1 amide bonds.